The number of aromatic nitrogens is 1. The number of nitrogens with one attached hydrogen (secondary N) is 3. The van der Waals surface area contributed by atoms with Gasteiger partial charge in [-0.1, -0.05) is 36.4 Å². The lowest BCUT2D eigenvalue weighted by Gasteiger charge is -2.29. The molecule has 1 fully saturated rings. The van der Waals surface area contributed by atoms with E-state index in [0.29, 0.717) is 25.2 Å². The summed E-state index contributed by atoms with van der Waals surface area (Å²) in [6, 6.07) is 16.6. The van der Waals surface area contributed by atoms with Gasteiger partial charge in [0.05, 0.1) is 0 Å². The molecule has 1 saturated heterocycles. The molecule has 1 atom stereocenters. The number of benzene rings is 2. The summed E-state index contributed by atoms with van der Waals surface area (Å²) >= 11 is 1.84. The van der Waals surface area contributed by atoms with Crippen LogP contribution in [-0.2, 0) is 11.2 Å². The van der Waals surface area contributed by atoms with Crippen LogP contribution in [0.3, 0.4) is 0 Å². The van der Waals surface area contributed by atoms with Crippen molar-refractivity contribution in [2.45, 2.75) is 12.5 Å². The molecule has 0 unspecified atom stereocenters. The summed E-state index contributed by atoms with van der Waals surface area (Å²) in [5.74, 6) is 1.64. The summed E-state index contributed by atoms with van der Waals surface area (Å²) < 4.78 is 0. The smallest absolute Gasteiger partial charge is 0.318 e. The van der Waals surface area contributed by atoms with Crippen molar-refractivity contribution in [1.82, 2.24) is 15.2 Å². The number of rotatable bonds is 5. The Labute approximate surface area is 174 Å². The molecule has 3 aromatic rings. The molecule has 29 heavy (non-hydrogen) atoms. The van der Waals surface area contributed by atoms with E-state index in [4.69, 9.17) is 0 Å². The van der Waals surface area contributed by atoms with Gasteiger partial charge in [-0.25, -0.2) is 4.79 Å². The van der Waals surface area contributed by atoms with Gasteiger partial charge < -0.3 is 20.5 Å². The number of carbonyl (C=O) groups excluding carboxylic acids is 2. The normalized spacial score (nSPS) is 15.1. The number of fused-ring (bicyclic) bond motifs is 1. The standard InChI is InChI=1S/C22H24N4O2S/c27-21(24-18-7-6-17-8-9-23-19(17)15-18)20(14-16-4-2-1-3-5-16)25-22(28)26-10-12-29-13-11-26/h1-9,15,20,23H,10-14H2,(H,24,27)(H,25,28)/t20-/m0/s1. The fourth-order valence-corrected chi connectivity index (χ4v) is 4.32. The Morgan fingerprint density at radius 3 is 2.66 bits per heavy atom. The van der Waals surface area contributed by atoms with Gasteiger partial charge in [0.2, 0.25) is 5.91 Å². The quantitative estimate of drug-likeness (QED) is 0.605. The highest BCUT2D eigenvalue weighted by atomic mass is 32.2. The van der Waals surface area contributed by atoms with Gasteiger partial charge in [-0.2, -0.15) is 11.8 Å². The topological polar surface area (TPSA) is 77.2 Å². The van der Waals surface area contributed by atoms with Gasteiger partial charge >= 0.3 is 6.03 Å². The average Bonchev–Trinajstić information content (AvgIpc) is 3.22. The summed E-state index contributed by atoms with van der Waals surface area (Å²) in [5, 5.41) is 6.98. The van der Waals surface area contributed by atoms with E-state index < -0.39 is 6.04 Å². The predicted molar refractivity (Wildman–Crippen MR) is 118 cm³/mol. The van der Waals surface area contributed by atoms with E-state index in [0.717, 1.165) is 28.0 Å². The van der Waals surface area contributed by atoms with E-state index in [1.54, 1.807) is 4.90 Å². The maximum atomic E-state index is 13.1. The second kappa shape index (κ2) is 9.05. The molecule has 0 aliphatic carbocycles. The molecular weight excluding hydrogens is 384 g/mol. The third kappa shape index (κ3) is 4.92. The van der Waals surface area contributed by atoms with Gasteiger partial charge in [0, 0.05) is 48.4 Å². The zero-order chi connectivity index (χ0) is 20.1. The van der Waals surface area contributed by atoms with Gasteiger partial charge in [-0.15, -0.1) is 0 Å². The van der Waals surface area contributed by atoms with Crippen molar-refractivity contribution in [2.75, 3.05) is 29.9 Å². The zero-order valence-corrected chi connectivity index (χ0v) is 16.9. The maximum absolute atomic E-state index is 13.1. The highest BCUT2D eigenvalue weighted by Crippen LogP contribution is 2.18. The van der Waals surface area contributed by atoms with Crippen molar-refractivity contribution >= 4 is 40.3 Å². The number of aromatic amines is 1. The van der Waals surface area contributed by atoms with Crippen LogP contribution in [-0.4, -0.2) is 52.5 Å². The van der Waals surface area contributed by atoms with E-state index in [2.05, 4.69) is 15.6 Å². The number of H-pyrrole nitrogens is 1. The van der Waals surface area contributed by atoms with Crippen LogP contribution >= 0.6 is 11.8 Å². The van der Waals surface area contributed by atoms with Crippen LogP contribution in [0.1, 0.15) is 5.56 Å². The van der Waals surface area contributed by atoms with Crippen LogP contribution in [0.2, 0.25) is 0 Å². The van der Waals surface area contributed by atoms with Crippen molar-refractivity contribution in [1.29, 1.82) is 0 Å². The monoisotopic (exact) mass is 408 g/mol. The molecule has 3 N–H and O–H groups in total. The second-order valence-corrected chi connectivity index (χ2v) is 8.28. The summed E-state index contributed by atoms with van der Waals surface area (Å²) in [6.07, 6.45) is 2.30. The molecule has 7 heteroatoms. The first-order valence-corrected chi connectivity index (χ1v) is 10.9. The van der Waals surface area contributed by atoms with Crippen molar-refractivity contribution in [3.63, 3.8) is 0 Å². The zero-order valence-electron chi connectivity index (χ0n) is 16.1. The SMILES string of the molecule is O=C(Nc1ccc2cc[nH]c2c1)[C@H](Cc1ccccc1)NC(=O)N1CCSCC1. The molecule has 1 aliphatic rings. The fraction of sp³-hybridized carbons (Fsp3) is 0.273. The summed E-state index contributed by atoms with van der Waals surface area (Å²) in [5.41, 5.74) is 2.66. The van der Waals surface area contributed by atoms with E-state index >= 15 is 0 Å². The van der Waals surface area contributed by atoms with Crippen LogP contribution in [0, 0.1) is 0 Å². The summed E-state index contributed by atoms with van der Waals surface area (Å²) in [6.45, 7) is 1.42. The molecule has 0 spiro atoms. The number of anilines is 1. The van der Waals surface area contributed by atoms with Crippen LogP contribution in [0.15, 0.2) is 60.8 Å². The van der Waals surface area contributed by atoms with Crippen LogP contribution in [0.5, 0.6) is 0 Å². The minimum atomic E-state index is -0.654. The number of hydrogen-bond donors (Lipinski definition) is 3. The largest absolute Gasteiger partial charge is 0.361 e. The number of hydrogen-bond acceptors (Lipinski definition) is 3. The predicted octanol–water partition coefficient (Wildman–Crippen LogP) is 3.48. The summed E-state index contributed by atoms with van der Waals surface area (Å²) in [7, 11) is 0. The molecule has 3 amide bonds. The molecule has 0 saturated carbocycles. The lowest BCUT2D eigenvalue weighted by atomic mass is 10.1. The number of urea groups is 1. The Hall–Kier alpha value is -2.93. The average molecular weight is 409 g/mol. The Balaban J connectivity index is 1.49. The molecule has 6 nitrogen and oxygen atoms in total. The third-order valence-electron chi connectivity index (χ3n) is 5.02. The van der Waals surface area contributed by atoms with E-state index in [-0.39, 0.29) is 11.9 Å². The lowest BCUT2D eigenvalue weighted by molar-refractivity contribution is -0.118. The molecule has 4 rings (SSSR count). The van der Waals surface area contributed by atoms with Crippen LogP contribution in [0.25, 0.3) is 10.9 Å². The number of amides is 3. The molecule has 1 aliphatic heterocycles. The van der Waals surface area contributed by atoms with Gasteiger partial charge in [0.25, 0.3) is 0 Å². The Bertz CT molecular complexity index is 983. The molecule has 150 valence electrons. The number of carbonyl (C=O) groups is 2. The first-order chi connectivity index (χ1) is 14.2. The fourth-order valence-electron chi connectivity index (χ4n) is 3.42. The van der Waals surface area contributed by atoms with Gasteiger partial charge in [0.1, 0.15) is 6.04 Å². The van der Waals surface area contributed by atoms with Gasteiger partial charge in [0.15, 0.2) is 0 Å². The molecule has 0 bridgehead atoms. The third-order valence-corrected chi connectivity index (χ3v) is 5.96. The van der Waals surface area contributed by atoms with Crippen molar-refractivity contribution in [3.8, 4) is 0 Å². The van der Waals surface area contributed by atoms with Crippen molar-refractivity contribution < 1.29 is 9.59 Å². The molecule has 1 aromatic heterocycles. The number of nitrogens with zero attached hydrogens (tertiary/aromatic N) is 1. The van der Waals surface area contributed by atoms with E-state index in [1.807, 2.05) is 72.6 Å². The highest BCUT2D eigenvalue weighted by molar-refractivity contribution is 7.99. The van der Waals surface area contributed by atoms with E-state index in [9.17, 15) is 9.59 Å². The second-order valence-electron chi connectivity index (χ2n) is 7.06. The first-order valence-electron chi connectivity index (χ1n) is 9.74. The van der Waals surface area contributed by atoms with Crippen molar-refractivity contribution in [3.05, 3.63) is 66.4 Å². The van der Waals surface area contributed by atoms with Crippen LogP contribution < -0.4 is 10.6 Å². The molecule has 2 aromatic carbocycles. The lowest BCUT2D eigenvalue weighted by Crippen LogP contribution is -2.52. The Morgan fingerprint density at radius 1 is 1.07 bits per heavy atom. The van der Waals surface area contributed by atoms with Gasteiger partial charge in [-0.3, -0.25) is 4.79 Å². The van der Waals surface area contributed by atoms with E-state index in [1.165, 1.54) is 0 Å². The Kier molecular flexibility index (Phi) is 6.05. The van der Waals surface area contributed by atoms with Crippen LogP contribution in [0.4, 0.5) is 10.5 Å². The molecular formula is C22H24N4O2S. The molecule has 2 heterocycles. The van der Waals surface area contributed by atoms with Crippen molar-refractivity contribution in [2.24, 2.45) is 0 Å². The maximum Gasteiger partial charge on any atom is 0.318 e. The van der Waals surface area contributed by atoms with Gasteiger partial charge in [-0.05, 0) is 29.1 Å². The first kappa shape index (κ1) is 19.4. The summed E-state index contributed by atoms with van der Waals surface area (Å²) in [4.78, 5) is 30.7. The highest BCUT2D eigenvalue weighted by Gasteiger charge is 2.25. The minimum Gasteiger partial charge on any atom is -0.361 e. The minimum absolute atomic E-state index is 0.179. The number of thioether (sulfide) groups is 1. The Morgan fingerprint density at radius 2 is 1.86 bits per heavy atom. The molecule has 0 radical (unpaired) electrons.